The Morgan fingerprint density at radius 2 is 1.86 bits per heavy atom. The molecule has 1 aliphatic carbocycles. The number of hydrogen-bond donors (Lipinski definition) is 1. The maximum atomic E-state index is 13.3. The number of fused-ring (bicyclic) bond motifs is 3. The van der Waals surface area contributed by atoms with Crippen LogP contribution < -0.4 is 4.74 Å². The second-order valence-corrected chi connectivity index (χ2v) is 9.67. The molecule has 29 heavy (non-hydrogen) atoms. The first-order valence-corrected chi connectivity index (χ1v) is 10.6. The van der Waals surface area contributed by atoms with E-state index in [1.807, 2.05) is 30.3 Å². The standard InChI is InChI=1S/C25H21BrO3/c1-25(2)12-19(28)24-21(13-25)29-20-9-7-14-6-8-17(27)11-18(14)23(20)22(24)15-4-3-5-16(26)10-15/h3-11,22,27H,12-13H2,1-2H3. The Balaban J connectivity index is 1.84. The zero-order chi connectivity index (χ0) is 20.3. The first-order valence-electron chi connectivity index (χ1n) is 9.78. The number of ketones is 1. The molecule has 4 heteroatoms. The normalized spacial score (nSPS) is 20.2. The molecule has 0 amide bonds. The van der Waals surface area contributed by atoms with E-state index in [2.05, 4.69) is 41.9 Å². The second-order valence-electron chi connectivity index (χ2n) is 8.75. The Labute approximate surface area is 178 Å². The van der Waals surface area contributed by atoms with E-state index in [1.54, 1.807) is 12.1 Å². The summed E-state index contributed by atoms with van der Waals surface area (Å²) < 4.78 is 7.31. The van der Waals surface area contributed by atoms with Gasteiger partial charge in [0.05, 0.1) is 0 Å². The van der Waals surface area contributed by atoms with Gasteiger partial charge in [0.15, 0.2) is 5.78 Å². The highest BCUT2D eigenvalue weighted by Gasteiger charge is 2.42. The van der Waals surface area contributed by atoms with Gasteiger partial charge in [-0.3, -0.25) is 4.79 Å². The number of rotatable bonds is 1. The van der Waals surface area contributed by atoms with E-state index in [1.165, 1.54) is 0 Å². The van der Waals surface area contributed by atoms with Crippen LogP contribution in [0.25, 0.3) is 10.8 Å². The van der Waals surface area contributed by atoms with Gasteiger partial charge in [-0.2, -0.15) is 0 Å². The Bertz CT molecular complexity index is 1210. The largest absolute Gasteiger partial charge is 0.508 e. The zero-order valence-electron chi connectivity index (χ0n) is 16.3. The van der Waals surface area contributed by atoms with Crippen molar-refractivity contribution in [3.63, 3.8) is 0 Å². The molecule has 1 heterocycles. The number of benzene rings is 3. The monoisotopic (exact) mass is 448 g/mol. The molecule has 0 spiro atoms. The molecule has 1 N–H and O–H groups in total. The fraction of sp³-hybridized carbons (Fsp3) is 0.240. The smallest absolute Gasteiger partial charge is 0.163 e. The van der Waals surface area contributed by atoms with Crippen LogP contribution >= 0.6 is 15.9 Å². The van der Waals surface area contributed by atoms with Gasteiger partial charge >= 0.3 is 0 Å². The van der Waals surface area contributed by atoms with Crippen molar-refractivity contribution in [1.82, 2.24) is 0 Å². The van der Waals surface area contributed by atoms with Gasteiger partial charge in [0.1, 0.15) is 17.3 Å². The van der Waals surface area contributed by atoms with Gasteiger partial charge < -0.3 is 9.84 Å². The summed E-state index contributed by atoms with van der Waals surface area (Å²) in [6.07, 6.45) is 1.24. The number of aromatic hydroxyl groups is 1. The molecule has 3 aromatic rings. The summed E-state index contributed by atoms with van der Waals surface area (Å²) in [6, 6.07) is 17.5. The Morgan fingerprint density at radius 1 is 1.07 bits per heavy atom. The average molecular weight is 449 g/mol. The van der Waals surface area contributed by atoms with Crippen LogP contribution in [0.1, 0.15) is 43.7 Å². The predicted molar refractivity (Wildman–Crippen MR) is 117 cm³/mol. The molecule has 0 bridgehead atoms. The van der Waals surface area contributed by atoms with Crippen molar-refractivity contribution in [2.24, 2.45) is 5.41 Å². The van der Waals surface area contributed by atoms with E-state index < -0.39 is 0 Å². The number of ether oxygens (including phenoxy) is 1. The highest BCUT2D eigenvalue weighted by atomic mass is 79.9. The molecule has 2 aliphatic rings. The van der Waals surface area contributed by atoms with Crippen LogP contribution in [0.2, 0.25) is 0 Å². The number of hydrogen-bond acceptors (Lipinski definition) is 3. The highest BCUT2D eigenvalue weighted by molar-refractivity contribution is 9.10. The lowest BCUT2D eigenvalue weighted by Gasteiger charge is -2.38. The maximum Gasteiger partial charge on any atom is 0.163 e. The first kappa shape index (κ1) is 18.4. The molecule has 0 aromatic heterocycles. The summed E-state index contributed by atoms with van der Waals surface area (Å²) in [5.41, 5.74) is 2.62. The van der Waals surface area contributed by atoms with Crippen molar-refractivity contribution in [3.8, 4) is 11.5 Å². The number of carbonyl (C=O) groups excluding carboxylic acids is 1. The average Bonchev–Trinajstić information content (AvgIpc) is 2.65. The van der Waals surface area contributed by atoms with Crippen molar-refractivity contribution in [2.75, 3.05) is 0 Å². The van der Waals surface area contributed by atoms with Crippen molar-refractivity contribution >= 4 is 32.5 Å². The molecule has 146 valence electrons. The van der Waals surface area contributed by atoms with Gasteiger partial charge in [0, 0.05) is 34.4 Å². The molecule has 1 aliphatic heterocycles. The van der Waals surface area contributed by atoms with Crippen molar-refractivity contribution < 1.29 is 14.6 Å². The van der Waals surface area contributed by atoms with Crippen molar-refractivity contribution in [3.05, 3.63) is 81.5 Å². The lowest BCUT2D eigenvalue weighted by atomic mass is 9.69. The Hall–Kier alpha value is -2.59. The molecular weight excluding hydrogens is 428 g/mol. The van der Waals surface area contributed by atoms with E-state index in [0.29, 0.717) is 6.42 Å². The fourth-order valence-electron chi connectivity index (χ4n) is 4.68. The van der Waals surface area contributed by atoms with Crippen LogP contribution in [0.15, 0.2) is 70.4 Å². The molecule has 1 atom stereocenters. The molecule has 0 radical (unpaired) electrons. The summed E-state index contributed by atoms with van der Waals surface area (Å²) in [7, 11) is 0. The lowest BCUT2D eigenvalue weighted by molar-refractivity contribution is -0.118. The summed E-state index contributed by atoms with van der Waals surface area (Å²) >= 11 is 3.58. The zero-order valence-corrected chi connectivity index (χ0v) is 17.9. The SMILES string of the molecule is CC1(C)CC(=O)C2=C(C1)Oc1ccc3ccc(O)cc3c1C2c1cccc(Br)c1. The van der Waals surface area contributed by atoms with E-state index in [4.69, 9.17) is 4.74 Å². The number of phenolic OH excluding ortho intramolecular Hbond substituents is 1. The van der Waals surface area contributed by atoms with E-state index in [-0.39, 0.29) is 22.9 Å². The fourth-order valence-corrected chi connectivity index (χ4v) is 5.10. The lowest BCUT2D eigenvalue weighted by Crippen LogP contribution is -2.33. The molecule has 0 saturated heterocycles. The molecule has 0 saturated carbocycles. The topological polar surface area (TPSA) is 46.5 Å². The van der Waals surface area contributed by atoms with Gasteiger partial charge in [0.2, 0.25) is 0 Å². The van der Waals surface area contributed by atoms with Gasteiger partial charge in [-0.05, 0) is 52.1 Å². The predicted octanol–water partition coefficient (Wildman–Crippen LogP) is 6.48. The molecule has 3 nitrogen and oxygen atoms in total. The summed E-state index contributed by atoms with van der Waals surface area (Å²) in [6.45, 7) is 4.22. The van der Waals surface area contributed by atoms with Crippen LogP contribution in [0, 0.1) is 5.41 Å². The van der Waals surface area contributed by atoms with Gasteiger partial charge in [-0.25, -0.2) is 0 Å². The van der Waals surface area contributed by atoms with Crippen LogP contribution in [-0.4, -0.2) is 10.9 Å². The van der Waals surface area contributed by atoms with Gasteiger partial charge in [-0.1, -0.05) is 54.0 Å². The summed E-state index contributed by atoms with van der Waals surface area (Å²) in [5, 5.41) is 12.1. The van der Waals surface area contributed by atoms with Crippen molar-refractivity contribution in [1.29, 1.82) is 0 Å². The Kier molecular flexibility index (Phi) is 4.11. The highest BCUT2D eigenvalue weighted by Crippen LogP contribution is 2.52. The minimum absolute atomic E-state index is 0.121. The third-order valence-corrected chi connectivity index (χ3v) is 6.37. The quantitative estimate of drug-likeness (QED) is 0.463. The molecule has 5 rings (SSSR count). The minimum Gasteiger partial charge on any atom is -0.508 e. The summed E-state index contributed by atoms with van der Waals surface area (Å²) in [5.74, 6) is 1.67. The Morgan fingerprint density at radius 3 is 2.66 bits per heavy atom. The number of Topliss-reactive ketones (excluding diaryl/α,β-unsaturated/α-hetero) is 1. The van der Waals surface area contributed by atoms with Gasteiger partial charge in [-0.15, -0.1) is 0 Å². The maximum absolute atomic E-state index is 13.3. The third kappa shape index (κ3) is 3.06. The second kappa shape index (κ2) is 6.46. The number of halogens is 1. The number of allylic oxidation sites excluding steroid dienone is 2. The first-order chi connectivity index (χ1) is 13.8. The van der Waals surface area contributed by atoms with E-state index >= 15 is 0 Å². The van der Waals surface area contributed by atoms with Crippen LogP contribution in [0.5, 0.6) is 11.5 Å². The van der Waals surface area contributed by atoms with Gasteiger partial charge in [0.25, 0.3) is 0 Å². The molecule has 1 unspecified atom stereocenters. The number of phenols is 1. The van der Waals surface area contributed by atoms with Crippen LogP contribution in [0.4, 0.5) is 0 Å². The van der Waals surface area contributed by atoms with E-state index in [9.17, 15) is 9.90 Å². The summed E-state index contributed by atoms with van der Waals surface area (Å²) in [4.78, 5) is 13.3. The molecule has 3 aromatic carbocycles. The van der Waals surface area contributed by atoms with Crippen LogP contribution in [-0.2, 0) is 4.79 Å². The number of carbonyl (C=O) groups is 1. The molecule has 0 fully saturated rings. The molecular formula is C25H21BrO3. The third-order valence-electron chi connectivity index (χ3n) is 5.88. The van der Waals surface area contributed by atoms with E-state index in [0.717, 1.165) is 49.9 Å². The van der Waals surface area contributed by atoms with Crippen molar-refractivity contribution in [2.45, 2.75) is 32.6 Å². The van der Waals surface area contributed by atoms with Crippen LogP contribution in [0.3, 0.4) is 0 Å². The minimum atomic E-state index is -0.222.